The molecule has 2 N–H and O–H groups in total. The smallest absolute Gasteiger partial charge is 0.334 e. The summed E-state index contributed by atoms with van der Waals surface area (Å²) in [7, 11) is 1.63. The molecule has 2 aromatic rings. The molecule has 0 radical (unpaired) electrons. The van der Waals surface area contributed by atoms with Crippen LogP contribution in [0.1, 0.15) is 37.7 Å². The third kappa shape index (κ3) is 3.39. The van der Waals surface area contributed by atoms with Gasteiger partial charge in [-0.3, -0.25) is 4.63 Å². The molecule has 1 aromatic heterocycles. The van der Waals surface area contributed by atoms with Crippen LogP contribution in [-0.2, 0) is 21.6 Å². The molecule has 0 spiro atoms. The van der Waals surface area contributed by atoms with Crippen molar-refractivity contribution in [1.29, 1.82) is 0 Å². The van der Waals surface area contributed by atoms with Crippen molar-refractivity contribution in [2.24, 2.45) is 0 Å². The minimum atomic E-state index is -1.51. The first-order valence-corrected chi connectivity index (χ1v) is 9.42. The predicted octanol–water partition coefficient (Wildman–Crippen LogP) is 2.12. The molecule has 10 nitrogen and oxygen atoms in total. The average molecular weight is 429 g/mol. The molecule has 31 heavy (non-hydrogen) atoms. The number of aromatic nitrogens is 2. The number of ether oxygens (including phenoxy) is 1. The summed E-state index contributed by atoms with van der Waals surface area (Å²) >= 11 is 0. The predicted molar refractivity (Wildman–Crippen MR) is 107 cm³/mol. The summed E-state index contributed by atoms with van der Waals surface area (Å²) in [5, 5.41) is 35.2. The van der Waals surface area contributed by atoms with Crippen LogP contribution in [0.3, 0.4) is 0 Å². The second kappa shape index (κ2) is 7.78. The summed E-state index contributed by atoms with van der Waals surface area (Å²) in [6.45, 7) is 6.25. The summed E-state index contributed by atoms with van der Waals surface area (Å²) in [5.74, 6) is -2.19. The molecule has 0 saturated heterocycles. The maximum Gasteiger partial charge on any atom is 0.334 e. The first-order valence-electron chi connectivity index (χ1n) is 9.42. The number of nitrogens with zero attached hydrogens (tertiary/aromatic N) is 3. The Morgan fingerprint density at radius 2 is 1.71 bits per heavy atom. The lowest BCUT2D eigenvalue weighted by Crippen LogP contribution is -2.43. The van der Waals surface area contributed by atoms with Gasteiger partial charge >= 0.3 is 11.9 Å². The number of carboxylic acids is 2. The number of hydrogen-bond acceptors (Lipinski definition) is 7. The zero-order chi connectivity index (χ0) is 23.1. The van der Waals surface area contributed by atoms with E-state index in [2.05, 4.69) is 9.79 Å². The van der Waals surface area contributed by atoms with E-state index in [0.29, 0.717) is 17.0 Å². The van der Waals surface area contributed by atoms with Crippen molar-refractivity contribution < 1.29 is 34.1 Å². The number of hydrogen-bond donors (Lipinski definition) is 2. The highest BCUT2D eigenvalue weighted by molar-refractivity contribution is 6.00. The van der Waals surface area contributed by atoms with Crippen molar-refractivity contribution in [2.75, 3.05) is 7.05 Å². The van der Waals surface area contributed by atoms with Gasteiger partial charge in [0, 0.05) is 36.1 Å². The van der Waals surface area contributed by atoms with Crippen molar-refractivity contribution in [1.82, 2.24) is 10.1 Å². The second-order valence-corrected chi connectivity index (χ2v) is 7.46. The van der Waals surface area contributed by atoms with Gasteiger partial charge in [0.1, 0.15) is 5.75 Å². The number of allylic oxidation sites excluding steroid dienone is 2. The van der Waals surface area contributed by atoms with Gasteiger partial charge in [-0.15, -0.1) is 0 Å². The number of carbonyl (C=O) groups is 2. The first kappa shape index (κ1) is 21.9. The van der Waals surface area contributed by atoms with Gasteiger partial charge in [-0.2, -0.15) is 0 Å². The van der Waals surface area contributed by atoms with Crippen LogP contribution in [0.15, 0.2) is 51.4 Å². The molecule has 1 aliphatic heterocycles. The lowest BCUT2D eigenvalue weighted by atomic mass is 9.66. The Labute approximate surface area is 178 Å². The SMILES string of the molecule is CC1=C(C(=O)O)C(C)(c2ccccc2OCc2no[n+]([O-])c2C)C(C(=O)O)=C(C)N1C. The van der Waals surface area contributed by atoms with E-state index in [-0.39, 0.29) is 39.8 Å². The highest BCUT2D eigenvalue weighted by Crippen LogP contribution is 2.49. The zero-order valence-electron chi connectivity index (χ0n) is 17.8. The van der Waals surface area contributed by atoms with Crippen LogP contribution in [0.25, 0.3) is 0 Å². The molecule has 0 unspecified atom stereocenters. The third-order valence-electron chi connectivity index (χ3n) is 5.86. The molecule has 0 atom stereocenters. The molecule has 164 valence electrons. The minimum absolute atomic E-state index is 0.0657. The van der Waals surface area contributed by atoms with Crippen LogP contribution in [0.2, 0.25) is 0 Å². The van der Waals surface area contributed by atoms with E-state index in [4.69, 9.17) is 4.74 Å². The van der Waals surface area contributed by atoms with E-state index in [1.54, 1.807) is 57.0 Å². The van der Waals surface area contributed by atoms with Gasteiger partial charge in [0.05, 0.1) is 16.6 Å². The Bertz CT molecular complexity index is 1090. The van der Waals surface area contributed by atoms with Crippen molar-refractivity contribution in [2.45, 2.75) is 39.7 Å². The summed E-state index contributed by atoms with van der Waals surface area (Å²) in [6, 6.07) is 6.62. The van der Waals surface area contributed by atoms with Gasteiger partial charge in [0.2, 0.25) is 0 Å². The standard InChI is InChI=1S/C21H23N3O7/c1-11-15(22-31-24(11)29)10-30-16-9-7-6-8-14(16)21(4)17(19(25)26)12(2)23(5)13(3)18(21)20(27)28/h6-9H,10H2,1-5H3,(H,25,26)(H,27,28). The van der Waals surface area contributed by atoms with Crippen molar-refractivity contribution >= 4 is 11.9 Å². The van der Waals surface area contributed by atoms with Gasteiger partial charge in [0.25, 0.3) is 5.69 Å². The van der Waals surface area contributed by atoms with Gasteiger partial charge in [0.15, 0.2) is 12.3 Å². The molecule has 10 heteroatoms. The summed E-state index contributed by atoms with van der Waals surface area (Å²) < 4.78 is 10.4. The molecular formula is C21H23N3O7. The van der Waals surface area contributed by atoms with Gasteiger partial charge in [-0.1, -0.05) is 18.2 Å². The maximum atomic E-state index is 12.3. The van der Waals surface area contributed by atoms with E-state index in [1.165, 1.54) is 6.92 Å². The molecule has 3 rings (SSSR count). The highest BCUT2D eigenvalue weighted by atomic mass is 16.8. The van der Waals surface area contributed by atoms with Crippen LogP contribution in [0, 0.1) is 12.1 Å². The zero-order valence-corrected chi connectivity index (χ0v) is 17.8. The topological polar surface area (TPSA) is 140 Å². The average Bonchev–Trinajstić information content (AvgIpc) is 3.02. The molecule has 1 aromatic carbocycles. The summed E-state index contributed by atoms with van der Waals surface area (Å²) in [5.41, 5.74) is 0.0762. The maximum absolute atomic E-state index is 12.3. The fraction of sp³-hybridized carbons (Fsp3) is 0.333. The van der Waals surface area contributed by atoms with E-state index in [1.807, 2.05) is 0 Å². The van der Waals surface area contributed by atoms with Crippen molar-refractivity contribution in [3.8, 4) is 5.75 Å². The van der Waals surface area contributed by atoms with E-state index >= 15 is 0 Å². The van der Waals surface area contributed by atoms with Crippen LogP contribution in [0.4, 0.5) is 0 Å². The lowest BCUT2D eigenvalue weighted by Gasteiger charge is -2.42. The van der Waals surface area contributed by atoms with Crippen molar-refractivity contribution in [3.63, 3.8) is 0 Å². The fourth-order valence-corrected chi connectivity index (χ4v) is 4.04. The molecule has 0 bridgehead atoms. The van der Waals surface area contributed by atoms with Crippen LogP contribution in [0.5, 0.6) is 5.75 Å². The third-order valence-corrected chi connectivity index (χ3v) is 5.86. The Morgan fingerprint density at radius 1 is 1.16 bits per heavy atom. The summed E-state index contributed by atoms with van der Waals surface area (Å²) in [4.78, 5) is 26.4. The van der Waals surface area contributed by atoms with E-state index in [9.17, 15) is 25.0 Å². The number of benzene rings is 1. The minimum Gasteiger partial charge on any atom is -0.484 e. The molecule has 1 aliphatic rings. The molecule has 0 fully saturated rings. The largest absolute Gasteiger partial charge is 0.484 e. The highest BCUT2D eigenvalue weighted by Gasteiger charge is 2.49. The number of aliphatic carboxylic acids is 2. The summed E-state index contributed by atoms with van der Waals surface area (Å²) in [6.07, 6.45) is 0. The quantitative estimate of drug-likeness (QED) is 0.661. The van der Waals surface area contributed by atoms with E-state index < -0.39 is 17.4 Å². The first-order chi connectivity index (χ1) is 14.5. The van der Waals surface area contributed by atoms with Crippen LogP contribution >= 0.6 is 0 Å². The Morgan fingerprint density at radius 3 is 2.19 bits per heavy atom. The Hall–Kier alpha value is -3.82. The molecule has 0 amide bonds. The van der Waals surface area contributed by atoms with Gasteiger partial charge < -0.3 is 25.1 Å². The lowest BCUT2D eigenvalue weighted by molar-refractivity contribution is -0.806. The van der Waals surface area contributed by atoms with Crippen LogP contribution in [-0.4, -0.2) is 39.3 Å². The fourth-order valence-electron chi connectivity index (χ4n) is 4.04. The molecule has 0 saturated carbocycles. The number of carboxylic acid groups (broad SMARTS) is 2. The number of para-hydroxylation sites is 1. The molecule has 0 aliphatic carbocycles. The normalized spacial score (nSPS) is 16.0. The monoisotopic (exact) mass is 429 g/mol. The van der Waals surface area contributed by atoms with Crippen LogP contribution < -0.4 is 9.64 Å². The Balaban J connectivity index is 2.19. The molecular weight excluding hydrogens is 406 g/mol. The Kier molecular flexibility index (Phi) is 5.49. The van der Waals surface area contributed by atoms with E-state index in [0.717, 1.165) is 0 Å². The van der Waals surface area contributed by atoms with Gasteiger partial charge in [-0.25, -0.2) is 9.59 Å². The van der Waals surface area contributed by atoms with Gasteiger partial charge in [-0.05, 0) is 31.7 Å². The second-order valence-electron chi connectivity index (χ2n) is 7.46. The molecule has 2 heterocycles. The van der Waals surface area contributed by atoms with Crippen molar-refractivity contribution in [3.05, 3.63) is 69.0 Å². The number of rotatable bonds is 6.